The molecule has 29 heavy (non-hydrogen) atoms. The van der Waals surface area contributed by atoms with Gasteiger partial charge in [-0.3, -0.25) is 9.59 Å². The third kappa shape index (κ3) is 4.27. The number of rotatable bonds is 5. The topological polar surface area (TPSA) is 86.7 Å². The van der Waals surface area contributed by atoms with Crippen molar-refractivity contribution in [2.75, 3.05) is 14.2 Å². The van der Waals surface area contributed by atoms with E-state index >= 15 is 0 Å². The maximum atomic E-state index is 12.1. The Balaban J connectivity index is 1.96. The summed E-state index contributed by atoms with van der Waals surface area (Å²) in [5.41, 5.74) is 1.18. The number of ether oxygens (including phenoxy) is 4. The number of carbonyl (C=O) groups is 2. The minimum atomic E-state index is -0.859. The molecular formula is C20H19ClN2O6. The Kier molecular flexibility index (Phi) is 5.93. The number of benzene rings is 2. The van der Waals surface area contributed by atoms with Crippen molar-refractivity contribution in [1.29, 1.82) is 0 Å². The molecule has 0 aliphatic carbocycles. The molecule has 2 aromatic rings. The van der Waals surface area contributed by atoms with Gasteiger partial charge in [0, 0.05) is 25.0 Å². The highest BCUT2D eigenvalue weighted by Crippen LogP contribution is 2.41. The SMILES string of the molecule is COc1ccc(C2=NN(C(C)=O)C(c3cc(Cl)c(OC(C)=O)c(OC)c3)O2)cc1. The number of methoxy groups -OCH3 is 2. The summed E-state index contributed by atoms with van der Waals surface area (Å²) in [4.78, 5) is 23.5. The van der Waals surface area contributed by atoms with Gasteiger partial charge in [-0.25, -0.2) is 0 Å². The van der Waals surface area contributed by atoms with Gasteiger partial charge in [0.1, 0.15) is 5.75 Å². The fourth-order valence-corrected chi connectivity index (χ4v) is 3.02. The van der Waals surface area contributed by atoms with Gasteiger partial charge in [-0.1, -0.05) is 11.6 Å². The number of hydrogen-bond acceptors (Lipinski definition) is 7. The monoisotopic (exact) mass is 418 g/mol. The summed E-state index contributed by atoms with van der Waals surface area (Å²) >= 11 is 6.28. The van der Waals surface area contributed by atoms with E-state index in [4.69, 9.17) is 30.5 Å². The zero-order chi connectivity index (χ0) is 21.1. The van der Waals surface area contributed by atoms with E-state index in [1.165, 1.54) is 32.0 Å². The van der Waals surface area contributed by atoms with Crippen molar-refractivity contribution in [3.63, 3.8) is 0 Å². The second-order valence-corrected chi connectivity index (χ2v) is 6.50. The lowest BCUT2D eigenvalue weighted by atomic mass is 10.1. The lowest BCUT2D eigenvalue weighted by Crippen LogP contribution is -2.25. The first-order valence-electron chi connectivity index (χ1n) is 8.59. The molecule has 0 bridgehead atoms. The van der Waals surface area contributed by atoms with E-state index in [9.17, 15) is 9.59 Å². The number of halogens is 1. The molecule has 1 unspecified atom stereocenters. The molecule has 0 aromatic heterocycles. The molecule has 1 aliphatic rings. The quantitative estimate of drug-likeness (QED) is 0.545. The van der Waals surface area contributed by atoms with Crippen LogP contribution in [0.1, 0.15) is 31.2 Å². The number of nitrogens with zero attached hydrogens (tertiary/aromatic N) is 2. The Morgan fingerprint density at radius 3 is 2.34 bits per heavy atom. The van der Waals surface area contributed by atoms with E-state index in [0.29, 0.717) is 16.9 Å². The van der Waals surface area contributed by atoms with Gasteiger partial charge < -0.3 is 18.9 Å². The number of esters is 1. The molecule has 3 rings (SSSR count). The first kappa shape index (κ1) is 20.5. The maximum Gasteiger partial charge on any atom is 0.308 e. The van der Waals surface area contributed by atoms with Gasteiger partial charge in [0.15, 0.2) is 11.5 Å². The summed E-state index contributed by atoms with van der Waals surface area (Å²) in [6, 6.07) is 10.2. The van der Waals surface area contributed by atoms with Crippen molar-refractivity contribution >= 4 is 29.4 Å². The Morgan fingerprint density at radius 1 is 1.10 bits per heavy atom. The van der Waals surface area contributed by atoms with Gasteiger partial charge in [-0.15, -0.1) is 5.10 Å². The maximum absolute atomic E-state index is 12.1. The van der Waals surface area contributed by atoms with Gasteiger partial charge in [-0.05, 0) is 36.4 Å². The lowest BCUT2D eigenvalue weighted by Gasteiger charge is -2.21. The standard InChI is InChI=1S/C20H19ClN2O6/c1-11(24)23-20(29-19(22-23)13-5-7-15(26-3)8-6-13)14-9-16(21)18(28-12(2)25)17(10-14)27-4/h5-10,20H,1-4H3. The van der Waals surface area contributed by atoms with Gasteiger partial charge in [0.25, 0.3) is 0 Å². The van der Waals surface area contributed by atoms with Crippen LogP contribution in [0, 0.1) is 0 Å². The van der Waals surface area contributed by atoms with E-state index in [1.54, 1.807) is 37.4 Å². The fourth-order valence-electron chi connectivity index (χ4n) is 2.76. The van der Waals surface area contributed by atoms with E-state index in [2.05, 4.69) is 5.10 Å². The predicted molar refractivity (Wildman–Crippen MR) is 105 cm³/mol. The Labute approximate surface area is 172 Å². The van der Waals surface area contributed by atoms with Crippen LogP contribution >= 0.6 is 11.6 Å². The highest BCUT2D eigenvalue weighted by atomic mass is 35.5. The highest BCUT2D eigenvalue weighted by molar-refractivity contribution is 6.32. The minimum absolute atomic E-state index is 0.0917. The van der Waals surface area contributed by atoms with E-state index < -0.39 is 12.2 Å². The van der Waals surface area contributed by atoms with E-state index in [-0.39, 0.29) is 28.3 Å². The zero-order valence-electron chi connectivity index (χ0n) is 16.3. The molecule has 0 saturated heterocycles. The molecule has 1 amide bonds. The molecule has 1 heterocycles. The lowest BCUT2D eigenvalue weighted by molar-refractivity contribution is -0.135. The number of amides is 1. The molecule has 9 heteroatoms. The van der Waals surface area contributed by atoms with Crippen molar-refractivity contribution in [2.24, 2.45) is 5.10 Å². The zero-order valence-corrected chi connectivity index (χ0v) is 17.0. The molecular weight excluding hydrogens is 400 g/mol. The first-order chi connectivity index (χ1) is 13.8. The minimum Gasteiger partial charge on any atom is -0.497 e. The van der Waals surface area contributed by atoms with Crippen LogP contribution in [0.5, 0.6) is 17.2 Å². The third-order valence-corrected chi connectivity index (χ3v) is 4.37. The summed E-state index contributed by atoms with van der Waals surface area (Å²) in [5, 5.41) is 5.64. The highest BCUT2D eigenvalue weighted by Gasteiger charge is 2.34. The second-order valence-electron chi connectivity index (χ2n) is 6.10. The smallest absolute Gasteiger partial charge is 0.308 e. The van der Waals surface area contributed by atoms with Gasteiger partial charge in [0.2, 0.25) is 18.0 Å². The fraction of sp³-hybridized carbons (Fsp3) is 0.250. The average Bonchev–Trinajstić information content (AvgIpc) is 3.15. The normalized spacial score (nSPS) is 15.4. The Morgan fingerprint density at radius 2 is 1.79 bits per heavy atom. The van der Waals surface area contributed by atoms with Crippen LogP contribution in [0.3, 0.4) is 0 Å². The third-order valence-electron chi connectivity index (χ3n) is 4.09. The predicted octanol–water partition coefficient (Wildman–Crippen LogP) is 3.52. The average molecular weight is 419 g/mol. The summed E-state index contributed by atoms with van der Waals surface area (Å²) in [7, 11) is 2.99. The van der Waals surface area contributed by atoms with Crippen molar-refractivity contribution in [3.05, 3.63) is 52.5 Å². The molecule has 0 saturated carbocycles. The first-order valence-corrected chi connectivity index (χ1v) is 8.97. The molecule has 2 aromatic carbocycles. The molecule has 0 N–H and O–H groups in total. The van der Waals surface area contributed by atoms with Crippen LogP contribution in [-0.2, 0) is 14.3 Å². The van der Waals surface area contributed by atoms with Gasteiger partial charge in [-0.2, -0.15) is 5.01 Å². The number of hydrogen-bond donors (Lipinski definition) is 0. The number of carbonyl (C=O) groups excluding carboxylic acids is 2. The van der Waals surface area contributed by atoms with E-state index in [0.717, 1.165) is 0 Å². The largest absolute Gasteiger partial charge is 0.497 e. The molecule has 152 valence electrons. The van der Waals surface area contributed by atoms with Crippen LogP contribution < -0.4 is 14.2 Å². The molecule has 0 fully saturated rings. The van der Waals surface area contributed by atoms with Gasteiger partial charge in [0.05, 0.1) is 19.2 Å². The Hall–Kier alpha value is -3.26. The molecule has 1 atom stereocenters. The van der Waals surface area contributed by atoms with Crippen LogP contribution in [0.25, 0.3) is 0 Å². The summed E-state index contributed by atoms with van der Waals surface area (Å²) < 4.78 is 21.5. The van der Waals surface area contributed by atoms with E-state index in [1.807, 2.05) is 0 Å². The Bertz CT molecular complexity index is 974. The van der Waals surface area contributed by atoms with Crippen molar-refractivity contribution < 1.29 is 28.5 Å². The molecule has 0 radical (unpaired) electrons. The summed E-state index contributed by atoms with van der Waals surface area (Å²) in [6.07, 6.45) is -0.859. The van der Waals surface area contributed by atoms with Gasteiger partial charge >= 0.3 is 5.97 Å². The summed E-state index contributed by atoms with van der Waals surface area (Å²) in [5.74, 6) is 0.418. The van der Waals surface area contributed by atoms with Crippen molar-refractivity contribution in [3.8, 4) is 17.2 Å². The molecule has 8 nitrogen and oxygen atoms in total. The second kappa shape index (κ2) is 8.40. The molecule has 0 spiro atoms. The van der Waals surface area contributed by atoms with Crippen molar-refractivity contribution in [1.82, 2.24) is 5.01 Å². The van der Waals surface area contributed by atoms with Crippen LogP contribution in [-0.4, -0.2) is 37.0 Å². The number of hydrazone groups is 1. The van der Waals surface area contributed by atoms with Crippen LogP contribution in [0.4, 0.5) is 0 Å². The molecule has 1 aliphatic heterocycles. The summed E-state index contributed by atoms with van der Waals surface area (Å²) in [6.45, 7) is 2.64. The van der Waals surface area contributed by atoms with Crippen LogP contribution in [0.2, 0.25) is 5.02 Å². The van der Waals surface area contributed by atoms with Crippen molar-refractivity contribution in [2.45, 2.75) is 20.1 Å². The van der Waals surface area contributed by atoms with Crippen LogP contribution in [0.15, 0.2) is 41.5 Å².